The number of Topliss-reactive ketones (excluding diaryl/α,β-unsaturated/α-hetero) is 1. The normalized spacial score (nSPS) is 20.4. The molecular weight excluding hydrogens is 851 g/mol. The van der Waals surface area contributed by atoms with Crippen LogP contribution in [0.2, 0.25) is 0 Å². The number of methoxy groups -OCH3 is 1. The van der Waals surface area contributed by atoms with Gasteiger partial charge in [-0.2, -0.15) is 0 Å². The van der Waals surface area contributed by atoms with Crippen molar-refractivity contribution in [3.8, 4) is 29.3 Å². The highest BCUT2D eigenvalue weighted by Crippen LogP contribution is 2.44. The number of ether oxygens (including phenoxy) is 3. The molecule has 6 atom stereocenters. The minimum atomic E-state index is -1.85. The molecule has 356 valence electrons. The number of ketones is 1. The fourth-order valence-corrected chi connectivity index (χ4v) is 9.74. The molecule has 0 spiro atoms. The van der Waals surface area contributed by atoms with Crippen LogP contribution in [0, 0.1) is 29.8 Å². The number of aromatic hydroxyl groups is 1. The third-order valence-corrected chi connectivity index (χ3v) is 13.4. The maximum absolute atomic E-state index is 13.9. The van der Waals surface area contributed by atoms with E-state index in [1.165, 1.54) is 0 Å². The average Bonchev–Trinajstić information content (AvgIpc) is 3.31. The summed E-state index contributed by atoms with van der Waals surface area (Å²) in [6.45, 7) is 4.12. The number of carbonyl (C=O) groups excluding carboxylic acids is 1. The highest BCUT2D eigenvalue weighted by atomic mass is 16.5. The number of hydrogen-bond acceptors (Lipinski definition) is 12. The third kappa shape index (κ3) is 12.2. The number of nitrogens with one attached hydrogen (secondary N) is 1. The van der Waals surface area contributed by atoms with Crippen LogP contribution < -0.4 is 14.8 Å². The van der Waals surface area contributed by atoms with Crippen LogP contribution in [0.1, 0.15) is 110 Å². The van der Waals surface area contributed by atoms with Crippen molar-refractivity contribution in [1.82, 2.24) is 0 Å². The van der Waals surface area contributed by atoms with Gasteiger partial charge in [-0.1, -0.05) is 49.3 Å². The molecule has 0 saturated heterocycles. The van der Waals surface area contributed by atoms with Crippen LogP contribution in [0.15, 0.2) is 84.2 Å². The Labute approximate surface area is 393 Å². The van der Waals surface area contributed by atoms with E-state index in [1.807, 2.05) is 49.4 Å². The molecule has 0 amide bonds. The molecule has 0 fully saturated rings. The number of aryl methyl sites for hydroxylation is 2. The lowest BCUT2D eigenvalue weighted by Crippen LogP contribution is -2.27. The molecule has 2 heterocycles. The molecule has 12 heteroatoms. The number of hydrogen-bond donors (Lipinski definition) is 8. The minimum Gasteiger partial charge on any atom is -0.508 e. The van der Waals surface area contributed by atoms with Gasteiger partial charge in [-0.05, 0) is 151 Å². The Kier molecular flexibility index (Phi) is 16.7. The highest BCUT2D eigenvalue weighted by Gasteiger charge is 2.31. The van der Waals surface area contributed by atoms with Crippen LogP contribution >= 0.6 is 0 Å². The maximum Gasteiger partial charge on any atom is 0.178 e. The Morgan fingerprint density at radius 2 is 1.81 bits per heavy atom. The summed E-state index contributed by atoms with van der Waals surface area (Å²) >= 11 is 0. The van der Waals surface area contributed by atoms with Crippen LogP contribution in [0.25, 0.3) is 16.8 Å². The Morgan fingerprint density at radius 1 is 0.970 bits per heavy atom. The largest absolute Gasteiger partial charge is 0.508 e. The zero-order valence-corrected chi connectivity index (χ0v) is 38.7. The van der Waals surface area contributed by atoms with Gasteiger partial charge in [-0.25, -0.2) is 0 Å². The second-order valence-electron chi connectivity index (χ2n) is 18.4. The molecule has 2 aliphatic heterocycles. The summed E-state index contributed by atoms with van der Waals surface area (Å²) in [5.74, 6) is 3.57. The number of benzene rings is 4. The van der Waals surface area contributed by atoms with Gasteiger partial charge in [0.25, 0.3) is 0 Å². The van der Waals surface area contributed by atoms with Gasteiger partial charge < -0.3 is 55.3 Å². The maximum atomic E-state index is 13.9. The van der Waals surface area contributed by atoms with E-state index >= 15 is 0 Å². The van der Waals surface area contributed by atoms with Crippen molar-refractivity contribution in [2.45, 2.75) is 109 Å². The summed E-state index contributed by atoms with van der Waals surface area (Å²) in [5, 5.41) is 79.2. The predicted octanol–water partition coefficient (Wildman–Crippen LogP) is 8.24. The van der Waals surface area contributed by atoms with Crippen LogP contribution in [-0.4, -0.2) is 80.6 Å². The number of aliphatic hydroxyl groups excluding tert-OH is 5. The van der Waals surface area contributed by atoms with E-state index < -0.39 is 18.5 Å². The van der Waals surface area contributed by atoms with Crippen molar-refractivity contribution in [1.29, 1.82) is 0 Å². The Hall–Kier alpha value is -5.81. The number of anilines is 1. The minimum absolute atomic E-state index is 0.0128. The SMILES string of the molecule is COc1ccc2cc1OCc1c(C(O)O)cc3c(c(O)cc4c3c1C=C[C@H]4C)CC#CO[C@@H](C[C@H]1C=C(O)C(CCCO)=C[C@@H]1C[C@H](CO)CCc1cccc(NC[C@H](C)O)c1)CC(=O)CC2. The van der Waals surface area contributed by atoms with Crippen LogP contribution in [-0.2, 0) is 35.4 Å². The summed E-state index contributed by atoms with van der Waals surface area (Å²) in [5.41, 5.74) is 6.53. The molecule has 4 aromatic carbocycles. The fraction of sp³-hybridized carbons (Fsp3) is 0.436. The molecule has 4 aromatic rings. The molecule has 67 heavy (non-hydrogen) atoms. The Morgan fingerprint density at radius 3 is 2.57 bits per heavy atom. The van der Waals surface area contributed by atoms with Crippen molar-refractivity contribution in [3.63, 3.8) is 0 Å². The number of carbonyl (C=O) groups is 1. The molecule has 0 unspecified atom stereocenters. The molecule has 0 aromatic heterocycles. The van der Waals surface area contributed by atoms with Gasteiger partial charge in [0.15, 0.2) is 17.8 Å². The van der Waals surface area contributed by atoms with Gasteiger partial charge in [0.1, 0.15) is 36.1 Å². The van der Waals surface area contributed by atoms with Crippen molar-refractivity contribution < 1.29 is 54.8 Å². The van der Waals surface area contributed by atoms with Gasteiger partial charge in [0.05, 0.1) is 13.2 Å². The lowest BCUT2D eigenvalue weighted by Gasteiger charge is -2.32. The number of aliphatic hydroxyl groups is 6. The van der Waals surface area contributed by atoms with E-state index in [2.05, 4.69) is 35.6 Å². The molecule has 6 bridgehead atoms. The number of phenols is 1. The van der Waals surface area contributed by atoms with E-state index in [0.717, 1.165) is 45.3 Å². The predicted molar refractivity (Wildman–Crippen MR) is 259 cm³/mol. The van der Waals surface area contributed by atoms with Crippen LogP contribution in [0.4, 0.5) is 5.69 Å². The van der Waals surface area contributed by atoms with E-state index in [-0.39, 0.29) is 85.6 Å². The summed E-state index contributed by atoms with van der Waals surface area (Å²) in [6, 6.07) is 17.0. The number of phenolic OH excluding ortho intramolecular Hbond substituents is 1. The second kappa shape index (κ2) is 22.8. The average molecular weight is 916 g/mol. The van der Waals surface area contributed by atoms with Crippen LogP contribution in [0.5, 0.6) is 17.2 Å². The zero-order chi connectivity index (χ0) is 47.6. The first-order chi connectivity index (χ1) is 32.3. The highest BCUT2D eigenvalue weighted by molar-refractivity contribution is 6.01. The van der Waals surface area contributed by atoms with Gasteiger partial charge in [-0.3, -0.25) is 4.79 Å². The summed E-state index contributed by atoms with van der Waals surface area (Å²) in [4.78, 5) is 13.9. The quantitative estimate of drug-likeness (QED) is 0.0397. The van der Waals surface area contributed by atoms with Gasteiger partial charge >= 0.3 is 0 Å². The van der Waals surface area contributed by atoms with Crippen molar-refractivity contribution >= 4 is 28.3 Å². The Bertz CT molecular complexity index is 2550. The first kappa shape index (κ1) is 49.1. The molecule has 2 aliphatic carbocycles. The standard InChI is InChI=1S/C55H65NO11/c1-33-11-17-45-49-32-67-53-23-36(15-18-52(53)65-3)14-16-42(60)27-43(66-20-6-10-44-47(28-48(49)55(63)64)54(45)46(33)29-51(44)62)25-40-26-50(61)38(8-5-19-57)24-39(40)21-37(31-58)13-12-35-7-4-9-41(22-35)56-30-34(2)59/h4,7,9,11,15,17-18,22-24,26,28-29,33-34,37,39-40,43,55-59,61-64H,5,8,10,12-14,16,19,21,25,27,30-32H2,1-3H3/t33-,34+,37-,39+,40+,43+/m1/s1. The molecule has 4 aliphatic rings. The monoisotopic (exact) mass is 915 g/mol. The van der Waals surface area contributed by atoms with Gasteiger partial charge in [-0.15, -0.1) is 0 Å². The van der Waals surface area contributed by atoms with Crippen LogP contribution in [0.3, 0.4) is 0 Å². The summed E-state index contributed by atoms with van der Waals surface area (Å²) < 4.78 is 18.4. The number of fused-ring (bicyclic) bond motifs is 9. The molecule has 8 N–H and O–H groups in total. The fourth-order valence-electron chi connectivity index (χ4n) is 9.74. The summed E-state index contributed by atoms with van der Waals surface area (Å²) in [6.07, 6.45) is 11.8. The van der Waals surface area contributed by atoms with Gasteiger partial charge in [0, 0.05) is 67.3 Å². The van der Waals surface area contributed by atoms with Gasteiger partial charge in [0.2, 0.25) is 0 Å². The number of rotatable bonds is 16. The molecule has 0 saturated carbocycles. The second-order valence-corrected chi connectivity index (χ2v) is 18.4. The third-order valence-electron chi connectivity index (χ3n) is 13.4. The zero-order valence-electron chi connectivity index (χ0n) is 38.7. The van der Waals surface area contributed by atoms with Crippen molar-refractivity contribution in [3.05, 3.63) is 123 Å². The van der Waals surface area contributed by atoms with E-state index in [0.29, 0.717) is 73.1 Å². The first-order valence-corrected chi connectivity index (χ1v) is 23.5. The summed E-state index contributed by atoms with van der Waals surface area (Å²) in [7, 11) is 1.55. The smallest absolute Gasteiger partial charge is 0.178 e. The molecule has 12 nitrogen and oxygen atoms in total. The first-order valence-electron chi connectivity index (χ1n) is 23.5. The topological polar surface area (TPSA) is 198 Å². The van der Waals surface area contributed by atoms with E-state index in [4.69, 9.17) is 14.2 Å². The number of allylic oxidation sites excluding steroid dienone is 4. The van der Waals surface area contributed by atoms with Crippen molar-refractivity contribution in [2.75, 3.05) is 32.2 Å². The molecule has 8 rings (SSSR count). The van der Waals surface area contributed by atoms with E-state index in [1.54, 1.807) is 32.2 Å². The lowest BCUT2D eigenvalue weighted by atomic mass is 9.75. The lowest BCUT2D eigenvalue weighted by molar-refractivity contribution is -0.121. The Balaban J connectivity index is 1.20. The van der Waals surface area contributed by atoms with E-state index in [9.17, 15) is 40.5 Å². The molecular formula is C55H65NO11. The van der Waals surface area contributed by atoms with Crippen molar-refractivity contribution in [2.24, 2.45) is 17.8 Å². The molecule has 0 radical (unpaired) electrons.